The Labute approximate surface area is 114 Å². The average molecular weight is 265 g/mol. The number of aromatic nitrogens is 1. The molecular weight excluding hydrogens is 242 g/mol. The molecule has 1 aromatic rings. The molecule has 0 saturated carbocycles. The lowest BCUT2D eigenvalue weighted by atomic mass is 10.2. The maximum atomic E-state index is 10.5. The van der Waals surface area contributed by atoms with Crippen molar-refractivity contribution < 1.29 is 9.90 Å². The number of hydrogen-bond acceptors (Lipinski definition) is 4. The fourth-order valence-corrected chi connectivity index (χ4v) is 1.90. The first-order valence-electron chi connectivity index (χ1n) is 6.76. The largest absolute Gasteiger partial charge is 0.481 e. The fourth-order valence-electron chi connectivity index (χ4n) is 1.90. The minimum atomic E-state index is -0.761. The van der Waals surface area contributed by atoms with Gasteiger partial charge in [0.1, 0.15) is 5.82 Å². The third-order valence-corrected chi connectivity index (χ3v) is 3.04. The lowest BCUT2D eigenvalue weighted by Gasteiger charge is -2.20. The van der Waals surface area contributed by atoms with Crippen molar-refractivity contribution in [3.8, 4) is 0 Å². The number of nitrogens with zero attached hydrogens (tertiary/aromatic N) is 2. The fraction of sp³-hybridized carbons (Fsp3) is 0.571. The molecular formula is C14H23N3O2. The van der Waals surface area contributed by atoms with Crippen LogP contribution in [0.3, 0.4) is 0 Å². The van der Waals surface area contributed by atoms with Crippen LogP contribution in [0.15, 0.2) is 18.3 Å². The zero-order valence-corrected chi connectivity index (χ0v) is 11.9. The highest BCUT2D eigenvalue weighted by Gasteiger charge is 2.07. The van der Waals surface area contributed by atoms with Gasteiger partial charge >= 0.3 is 5.97 Å². The Balaban J connectivity index is 2.54. The Morgan fingerprint density at radius 3 is 2.58 bits per heavy atom. The summed E-state index contributed by atoms with van der Waals surface area (Å²) in [5.74, 6) is 0.206. The standard InChI is InChI=1S/C14H23N3O2/c1-4-17(5-2)13-8-7-12(10-15-13)16-11(3)6-9-14(18)19/h7-8,10-11,16H,4-6,9H2,1-3H3,(H,18,19). The SMILES string of the molecule is CCN(CC)c1ccc(NC(C)CCC(=O)O)cn1. The Kier molecular flexibility index (Phi) is 6.12. The van der Waals surface area contributed by atoms with Crippen molar-refractivity contribution in [3.05, 3.63) is 18.3 Å². The van der Waals surface area contributed by atoms with E-state index >= 15 is 0 Å². The third-order valence-electron chi connectivity index (χ3n) is 3.04. The van der Waals surface area contributed by atoms with Crippen molar-refractivity contribution in [3.63, 3.8) is 0 Å². The van der Waals surface area contributed by atoms with E-state index in [4.69, 9.17) is 5.11 Å². The Morgan fingerprint density at radius 2 is 2.11 bits per heavy atom. The topological polar surface area (TPSA) is 65.5 Å². The number of anilines is 2. The zero-order chi connectivity index (χ0) is 14.3. The van der Waals surface area contributed by atoms with Crippen molar-refractivity contribution in [2.75, 3.05) is 23.3 Å². The van der Waals surface area contributed by atoms with E-state index < -0.39 is 5.97 Å². The van der Waals surface area contributed by atoms with Gasteiger partial charge in [-0.3, -0.25) is 4.79 Å². The second kappa shape index (κ2) is 7.61. The number of carboxylic acid groups (broad SMARTS) is 1. The molecule has 1 unspecified atom stereocenters. The first-order chi connectivity index (χ1) is 9.06. The second-order valence-electron chi connectivity index (χ2n) is 4.56. The second-order valence-corrected chi connectivity index (χ2v) is 4.56. The molecule has 1 atom stereocenters. The highest BCUT2D eigenvalue weighted by molar-refractivity contribution is 5.66. The molecule has 0 aliphatic carbocycles. The molecule has 5 nitrogen and oxygen atoms in total. The monoisotopic (exact) mass is 265 g/mol. The van der Waals surface area contributed by atoms with Gasteiger partial charge in [0.15, 0.2) is 0 Å². The molecule has 0 bridgehead atoms. The van der Waals surface area contributed by atoms with Crippen molar-refractivity contribution in [2.24, 2.45) is 0 Å². The predicted molar refractivity (Wildman–Crippen MR) is 77.8 cm³/mol. The minimum absolute atomic E-state index is 0.122. The molecule has 0 spiro atoms. The van der Waals surface area contributed by atoms with Gasteiger partial charge in [-0.25, -0.2) is 4.98 Å². The zero-order valence-electron chi connectivity index (χ0n) is 11.9. The number of aliphatic carboxylic acids is 1. The Bertz CT molecular complexity index is 388. The minimum Gasteiger partial charge on any atom is -0.481 e. The van der Waals surface area contributed by atoms with Crippen molar-refractivity contribution >= 4 is 17.5 Å². The summed E-state index contributed by atoms with van der Waals surface area (Å²) in [7, 11) is 0. The van der Waals surface area contributed by atoms with Crippen LogP contribution in [0.25, 0.3) is 0 Å². The summed E-state index contributed by atoms with van der Waals surface area (Å²) in [6.07, 6.45) is 2.58. The van der Waals surface area contributed by atoms with E-state index in [-0.39, 0.29) is 12.5 Å². The van der Waals surface area contributed by atoms with Crippen LogP contribution in [-0.4, -0.2) is 35.2 Å². The first kappa shape index (κ1) is 15.3. The highest BCUT2D eigenvalue weighted by atomic mass is 16.4. The maximum absolute atomic E-state index is 10.5. The summed E-state index contributed by atoms with van der Waals surface area (Å²) in [4.78, 5) is 17.1. The molecule has 5 heteroatoms. The van der Waals surface area contributed by atoms with E-state index in [0.29, 0.717) is 6.42 Å². The molecule has 2 N–H and O–H groups in total. The Hall–Kier alpha value is -1.78. The summed E-state index contributed by atoms with van der Waals surface area (Å²) in [5, 5.41) is 11.9. The summed E-state index contributed by atoms with van der Waals surface area (Å²) < 4.78 is 0. The van der Waals surface area contributed by atoms with E-state index in [1.165, 1.54) is 0 Å². The molecule has 0 aliphatic rings. The lowest BCUT2D eigenvalue weighted by Crippen LogP contribution is -2.23. The van der Waals surface area contributed by atoms with Crippen LogP contribution in [0, 0.1) is 0 Å². The first-order valence-corrected chi connectivity index (χ1v) is 6.76. The van der Waals surface area contributed by atoms with Gasteiger partial charge in [-0.15, -0.1) is 0 Å². The summed E-state index contributed by atoms with van der Waals surface area (Å²) in [6.45, 7) is 8.05. The molecule has 1 rings (SSSR count). The lowest BCUT2D eigenvalue weighted by molar-refractivity contribution is -0.137. The molecule has 1 aromatic heterocycles. The molecule has 0 aromatic carbocycles. The van der Waals surface area contributed by atoms with Gasteiger partial charge in [0, 0.05) is 25.6 Å². The van der Waals surface area contributed by atoms with Crippen LogP contribution in [0.4, 0.5) is 11.5 Å². The van der Waals surface area contributed by atoms with Gasteiger partial charge in [-0.1, -0.05) is 0 Å². The van der Waals surface area contributed by atoms with Crippen molar-refractivity contribution in [1.82, 2.24) is 4.98 Å². The normalized spacial score (nSPS) is 11.9. The van der Waals surface area contributed by atoms with E-state index in [1.807, 2.05) is 19.1 Å². The van der Waals surface area contributed by atoms with Gasteiger partial charge < -0.3 is 15.3 Å². The van der Waals surface area contributed by atoms with Crippen LogP contribution in [-0.2, 0) is 4.79 Å². The van der Waals surface area contributed by atoms with Crippen molar-refractivity contribution in [2.45, 2.75) is 39.7 Å². The summed E-state index contributed by atoms with van der Waals surface area (Å²) in [5.41, 5.74) is 0.925. The number of carboxylic acids is 1. The van der Waals surface area contributed by atoms with Gasteiger partial charge in [-0.2, -0.15) is 0 Å². The molecule has 0 saturated heterocycles. The van der Waals surface area contributed by atoms with Crippen LogP contribution in [0.5, 0.6) is 0 Å². The van der Waals surface area contributed by atoms with Gasteiger partial charge in [0.2, 0.25) is 0 Å². The number of hydrogen-bond donors (Lipinski definition) is 2. The molecule has 0 amide bonds. The van der Waals surface area contributed by atoms with Gasteiger partial charge in [0.25, 0.3) is 0 Å². The van der Waals surface area contributed by atoms with Gasteiger partial charge in [0.05, 0.1) is 11.9 Å². The smallest absolute Gasteiger partial charge is 0.303 e. The van der Waals surface area contributed by atoms with Gasteiger partial charge in [-0.05, 0) is 39.3 Å². The van der Waals surface area contributed by atoms with E-state index in [2.05, 4.69) is 29.0 Å². The number of pyridine rings is 1. The molecule has 19 heavy (non-hydrogen) atoms. The van der Waals surface area contributed by atoms with Crippen LogP contribution >= 0.6 is 0 Å². The quantitative estimate of drug-likeness (QED) is 0.756. The Morgan fingerprint density at radius 1 is 1.42 bits per heavy atom. The average Bonchev–Trinajstić information content (AvgIpc) is 2.40. The van der Waals surface area contributed by atoms with E-state index in [0.717, 1.165) is 24.6 Å². The molecule has 0 fully saturated rings. The molecule has 1 heterocycles. The number of carbonyl (C=O) groups is 1. The maximum Gasteiger partial charge on any atom is 0.303 e. The summed E-state index contributed by atoms with van der Waals surface area (Å²) in [6, 6.07) is 4.09. The van der Waals surface area contributed by atoms with Crippen molar-refractivity contribution in [1.29, 1.82) is 0 Å². The van der Waals surface area contributed by atoms with Crippen LogP contribution in [0.1, 0.15) is 33.6 Å². The highest BCUT2D eigenvalue weighted by Crippen LogP contribution is 2.15. The van der Waals surface area contributed by atoms with Crippen LogP contribution < -0.4 is 10.2 Å². The molecule has 0 aliphatic heterocycles. The van der Waals surface area contributed by atoms with E-state index in [9.17, 15) is 4.79 Å². The van der Waals surface area contributed by atoms with E-state index in [1.54, 1.807) is 6.20 Å². The van der Waals surface area contributed by atoms with Crippen LogP contribution in [0.2, 0.25) is 0 Å². The summed E-state index contributed by atoms with van der Waals surface area (Å²) >= 11 is 0. The number of nitrogens with one attached hydrogen (secondary N) is 1. The molecule has 0 radical (unpaired) electrons. The molecule has 106 valence electrons. The third kappa shape index (κ3) is 5.16. The predicted octanol–water partition coefficient (Wildman–Crippen LogP) is 2.59. The number of rotatable bonds is 8.